The molecule has 7 heteroatoms. The monoisotopic (exact) mass is 324 g/mol. The minimum atomic E-state index is -0.327. The highest BCUT2D eigenvalue weighted by Crippen LogP contribution is 2.15. The van der Waals surface area contributed by atoms with Crippen LogP contribution in [0.3, 0.4) is 0 Å². The number of hydrogen-bond donors (Lipinski definition) is 1. The van der Waals surface area contributed by atoms with Crippen LogP contribution in [0.15, 0.2) is 24.3 Å². The highest BCUT2D eigenvalue weighted by molar-refractivity contribution is 5.89. The average Bonchev–Trinajstić information content (AvgIpc) is 2.55. The molecular weight excluding hydrogens is 300 g/mol. The molecule has 0 aliphatic carbocycles. The van der Waals surface area contributed by atoms with Crippen LogP contribution in [0.25, 0.3) is 0 Å². The maximum atomic E-state index is 12.3. The Labute approximate surface area is 136 Å². The van der Waals surface area contributed by atoms with E-state index in [1.807, 2.05) is 0 Å². The highest BCUT2D eigenvalue weighted by atomic mass is 16.5. The Morgan fingerprint density at radius 2 is 1.83 bits per heavy atom. The molecule has 128 valence electrons. The van der Waals surface area contributed by atoms with Crippen molar-refractivity contribution in [1.29, 1.82) is 0 Å². The van der Waals surface area contributed by atoms with Crippen LogP contribution in [0.4, 0.5) is 10.5 Å². The van der Waals surface area contributed by atoms with Gasteiger partial charge in [-0.25, -0.2) is 4.79 Å². The van der Waals surface area contributed by atoms with Gasteiger partial charge in [-0.05, 0) is 31.2 Å². The summed E-state index contributed by atoms with van der Waals surface area (Å²) in [5.74, 6) is 0.383. The van der Waals surface area contributed by atoms with Crippen LogP contribution in [0.5, 0.6) is 5.75 Å². The lowest BCUT2D eigenvalue weighted by atomic mass is 10.3. The zero-order chi connectivity index (χ0) is 17.1. The molecule has 1 aromatic carbocycles. The van der Waals surface area contributed by atoms with Crippen LogP contribution < -0.4 is 10.1 Å². The van der Waals surface area contributed by atoms with Crippen molar-refractivity contribution in [1.82, 2.24) is 4.90 Å². The van der Waals surface area contributed by atoms with Crippen molar-refractivity contribution in [3.8, 4) is 5.75 Å². The molecule has 23 heavy (non-hydrogen) atoms. The molecule has 1 aromatic rings. The summed E-state index contributed by atoms with van der Waals surface area (Å²) in [5.41, 5.74) is 0.648. The molecule has 0 radical (unpaired) electrons. The molecular formula is C16H24N2O5. The largest absolute Gasteiger partial charge is 0.497 e. The van der Waals surface area contributed by atoms with Crippen LogP contribution in [0.2, 0.25) is 0 Å². The first-order valence-corrected chi connectivity index (χ1v) is 7.45. The predicted molar refractivity (Wildman–Crippen MR) is 86.7 cm³/mol. The van der Waals surface area contributed by atoms with Crippen molar-refractivity contribution in [2.75, 3.05) is 45.8 Å². The number of amides is 2. The van der Waals surface area contributed by atoms with Gasteiger partial charge in [0.25, 0.3) is 0 Å². The van der Waals surface area contributed by atoms with Crippen molar-refractivity contribution in [3.63, 3.8) is 0 Å². The highest BCUT2D eigenvalue weighted by Gasteiger charge is 2.15. The van der Waals surface area contributed by atoms with Gasteiger partial charge in [-0.3, -0.25) is 4.79 Å². The fraction of sp³-hybridized carbons (Fsp3) is 0.500. The number of methoxy groups -OCH3 is 2. The molecule has 0 aromatic heterocycles. The summed E-state index contributed by atoms with van der Waals surface area (Å²) in [6, 6.07) is 6.71. The van der Waals surface area contributed by atoms with Crippen molar-refractivity contribution < 1.29 is 23.8 Å². The fourth-order valence-corrected chi connectivity index (χ4v) is 1.85. The van der Waals surface area contributed by atoms with E-state index < -0.39 is 0 Å². The Kier molecular flexibility index (Phi) is 8.52. The number of nitrogens with one attached hydrogen (secondary N) is 1. The Morgan fingerprint density at radius 1 is 1.13 bits per heavy atom. The topological polar surface area (TPSA) is 77.1 Å². The van der Waals surface area contributed by atoms with Crippen molar-refractivity contribution in [2.24, 2.45) is 0 Å². The van der Waals surface area contributed by atoms with E-state index in [4.69, 9.17) is 14.2 Å². The zero-order valence-electron chi connectivity index (χ0n) is 13.8. The van der Waals surface area contributed by atoms with E-state index in [1.54, 1.807) is 45.4 Å². The first kappa shape index (κ1) is 18.8. The number of ether oxygens (including phenoxy) is 3. The van der Waals surface area contributed by atoms with E-state index in [0.29, 0.717) is 31.2 Å². The van der Waals surface area contributed by atoms with E-state index in [9.17, 15) is 9.59 Å². The van der Waals surface area contributed by atoms with Crippen LogP contribution in [0, 0.1) is 0 Å². The number of hydrogen-bond acceptors (Lipinski definition) is 5. The predicted octanol–water partition coefficient (Wildman–Crippen LogP) is 2.13. The second-order valence-electron chi connectivity index (χ2n) is 4.69. The smallest absolute Gasteiger partial charge is 0.321 e. The van der Waals surface area contributed by atoms with Crippen molar-refractivity contribution in [3.05, 3.63) is 24.3 Å². The molecule has 0 spiro atoms. The lowest BCUT2D eigenvalue weighted by molar-refractivity contribution is -0.143. The molecule has 0 atom stereocenters. The molecule has 0 unspecified atom stereocenters. The molecule has 0 saturated carbocycles. The Hall–Kier alpha value is -2.28. The van der Waals surface area contributed by atoms with Crippen LogP contribution >= 0.6 is 0 Å². The molecule has 0 fully saturated rings. The number of carbonyl (C=O) groups excluding carboxylic acids is 2. The molecule has 2 amide bonds. The van der Waals surface area contributed by atoms with E-state index in [0.717, 1.165) is 0 Å². The second-order valence-corrected chi connectivity index (χ2v) is 4.69. The third-order valence-electron chi connectivity index (χ3n) is 3.09. The first-order valence-electron chi connectivity index (χ1n) is 7.45. The summed E-state index contributed by atoms with van der Waals surface area (Å²) >= 11 is 0. The van der Waals surface area contributed by atoms with Gasteiger partial charge in [0, 0.05) is 25.9 Å². The number of nitrogens with zero attached hydrogens (tertiary/aromatic N) is 1. The number of urea groups is 1. The first-order chi connectivity index (χ1) is 11.1. The second kappa shape index (κ2) is 10.4. The molecule has 0 bridgehead atoms. The molecule has 7 nitrogen and oxygen atoms in total. The number of benzene rings is 1. The minimum Gasteiger partial charge on any atom is -0.497 e. The summed E-state index contributed by atoms with van der Waals surface area (Å²) in [5, 5.41) is 2.78. The minimum absolute atomic E-state index is 0.146. The Bertz CT molecular complexity index is 490. The zero-order valence-corrected chi connectivity index (χ0v) is 13.8. The number of anilines is 1. The van der Waals surface area contributed by atoms with Crippen molar-refractivity contribution in [2.45, 2.75) is 13.3 Å². The molecule has 0 heterocycles. The van der Waals surface area contributed by atoms with Crippen LogP contribution in [-0.4, -0.2) is 57.4 Å². The molecule has 1 N–H and O–H groups in total. The lowest BCUT2D eigenvalue weighted by Gasteiger charge is -2.22. The van der Waals surface area contributed by atoms with Gasteiger partial charge in [-0.1, -0.05) is 0 Å². The van der Waals surface area contributed by atoms with Gasteiger partial charge in [0.2, 0.25) is 0 Å². The number of carbonyl (C=O) groups is 2. The molecule has 0 saturated heterocycles. The van der Waals surface area contributed by atoms with Crippen molar-refractivity contribution >= 4 is 17.7 Å². The van der Waals surface area contributed by atoms with E-state index in [2.05, 4.69) is 5.32 Å². The third-order valence-corrected chi connectivity index (χ3v) is 3.09. The van der Waals surface area contributed by atoms with Gasteiger partial charge in [-0.2, -0.15) is 0 Å². The normalized spacial score (nSPS) is 10.0. The summed E-state index contributed by atoms with van der Waals surface area (Å²) in [7, 11) is 3.14. The van der Waals surface area contributed by atoms with Gasteiger partial charge >= 0.3 is 12.0 Å². The fourth-order valence-electron chi connectivity index (χ4n) is 1.85. The summed E-state index contributed by atoms with van der Waals surface area (Å²) in [4.78, 5) is 25.3. The summed E-state index contributed by atoms with van der Waals surface area (Å²) < 4.78 is 15.0. The van der Waals surface area contributed by atoms with E-state index in [1.165, 1.54) is 4.90 Å². The Morgan fingerprint density at radius 3 is 2.39 bits per heavy atom. The van der Waals surface area contributed by atoms with Gasteiger partial charge < -0.3 is 24.4 Å². The van der Waals surface area contributed by atoms with Crippen LogP contribution in [-0.2, 0) is 14.3 Å². The number of rotatable bonds is 9. The SMILES string of the molecule is CCOC(=O)CCN(CCOC)C(=O)Nc1ccc(OC)cc1. The van der Waals surface area contributed by atoms with Gasteiger partial charge in [0.1, 0.15) is 5.75 Å². The Balaban J connectivity index is 2.60. The summed E-state index contributed by atoms with van der Waals surface area (Å²) in [6.45, 7) is 3.12. The average molecular weight is 324 g/mol. The van der Waals surface area contributed by atoms with Gasteiger partial charge in [-0.15, -0.1) is 0 Å². The third kappa shape index (κ3) is 7.01. The van der Waals surface area contributed by atoms with E-state index in [-0.39, 0.29) is 25.0 Å². The quantitative estimate of drug-likeness (QED) is 0.704. The maximum absolute atomic E-state index is 12.3. The molecule has 0 aliphatic rings. The summed E-state index contributed by atoms with van der Waals surface area (Å²) in [6.07, 6.45) is 0.146. The molecule has 1 rings (SSSR count). The molecule has 0 aliphatic heterocycles. The van der Waals surface area contributed by atoms with E-state index >= 15 is 0 Å². The van der Waals surface area contributed by atoms with Gasteiger partial charge in [0.15, 0.2) is 0 Å². The van der Waals surface area contributed by atoms with Crippen LogP contribution in [0.1, 0.15) is 13.3 Å². The standard InChI is InChI=1S/C16H24N2O5/c1-4-23-15(19)9-10-18(11-12-21-2)16(20)17-13-5-7-14(22-3)8-6-13/h5-8H,4,9-12H2,1-3H3,(H,17,20). The lowest BCUT2D eigenvalue weighted by Crippen LogP contribution is -2.38. The van der Waals surface area contributed by atoms with Gasteiger partial charge in [0.05, 0.1) is 26.7 Å². The maximum Gasteiger partial charge on any atom is 0.321 e. The number of esters is 1.